The maximum Gasteiger partial charge on any atom is 0.255 e. The van der Waals surface area contributed by atoms with Crippen LogP contribution in [0.3, 0.4) is 0 Å². The van der Waals surface area contributed by atoms with Gasteiger partial charge in [-0.15, -0.1) is 0 Å². The highest BCUT2D eigenvalue weighted by molar-refractivity contribution is 6.25. The molecular formula is C31H37N5O7. The Morgan fingerprint density at radius 2 is 1.93 bits per heavy atom. The number of aromatic hydroxyl groups is 1. The highest BCUT2D eigenvalue weighted by Crippen LogP contribution is 2.53. The molecule has 0 radical (unpaired) electrons. The number of phenols is 1. The van der Waals surface area contributed by atoms with Gasteiger partial charge in [-0.1, -0.05) is 11.6 Å². The molecule has 12 nitrogen and oxygen atoms in total. The molecule has 2 aromatic rings. The van der Waals surface area contributed by atoms with E-state index in [4.69, 9.17) is 5.73 Å². The Bertz CT molecular complexity index is 1620. The van der Waals surface area contributed by atoms with Crippen LogP contribution in [0.25, 0.3) is 11.1 Å². The average molecular weight is 592 g/mol. The number of phenolic OH excluding ortho intramolecular Hbond substituents is 1. The van der Waals surface area contributed by atoms with E-state index in [1.807, 2.05) is 37.9 Å². The standard InChI is InChI=1S/C31H37N5O7/c1-6-14(2)12-36(5)13-16-8-18(17-10-33-34-11-17)19-7-15-9-20-24(35(3)4)27(39)23(30(32)42)29(41)31(20,43)28(40)21(15)26(38)22(19)25(16)37/h6,8,10-11,15,20,24,37,39-40,43H,7,9,12-13H2,1-5H3,(H2,32,42)(H,33,34)/b14-6+/t15-,20-,24?,31-/m0/s1. The van der Waals surface area contributed by atoms with Crippen molar-refractivity contribution < 1.29 is 34.8 Å². The number of carbonyl (C=O) groups is 3. The van der Waals surface area contributed by atoms with Crippen LogP contribution in [0.4, 0.5) is 0 Å². The fraction of sp³-hybridized carbons (Fsp3) is 0.419. The summed E-state index contributed by atoms with van der Waals surface area (Å²) in [6, 6.07) is 0.785. The molecule has 1 aromatic heterocycles. The monoisotopic (exact) mass is 591 g/mol. The lowest BCUT2D eigenvalue weighted by Gasteiger charge is -2.50. The van der Waals surface area contributed by atoms with Crippen LogP contribution in [-0.4, -0.2) is 97.2 Å². The summed E-state index contributed by atoms with van der Waals surface area (Å²) in [5, 5.41) is 52.8. The van der Waals surface area contributed by atoms with Gasteiger partial charge in [0, 0.05) is 41.9 Å². The van der Waals surface area contributed by atoms with E-state index in [1.54, 1.807) is 26.5 Å². The minimum absolute atomic E-state index is 0.0183. The van der Waals surface area contributed by atoms with Crippen molar-refractivity contribution in [2.45, 2.75) is 44.9 Å². The van der Waals surface area contributed by atoms with Crippen molar-refractivity contribution in [3.8, 4) is 16.9 Å². The lowest BCUT2D eigenvalue weighted by molar-refractivity contribution is -0.148. The van der Waals surface area contributed by atoms with E-state index < -0.39 is 58.0 Å². The molecule has 1 amide bonds. The van der Waals surface area contributed by atoms with Gasteiger partial charge in [0.25, 0.3) is 5.91 Å². The number of benzene rings is 1. The van der Waals surface area contributed by atoms with E-state index in [9.17, 15) is 34.8 Å². The smallest absolute Gasteiger partial charge is 0.255 e. The van der Waals surface area contributed by atoms with Crippen molar-refractivity contribution in [1.82, 2.24) is 20.0 Å². The third-order valence-corrected chi connectivity index (χ3v) is 9.06. The molecule has 5 rings (SSSR count). The Hall–Kier alpha value is -4.26. The fourth-order valence-corrected chi connectivity index (χ4v) is 7.01. The van der Waals surface area contributed by atoms with E-state index in [2.05, 4.69) is 10.2 Å². The normalized spacial score (nSPS) is 25.8. The van der Waals surface area contributed by atoms with Crippen LogP contribution in [0.2, 0.25) is 0 Å². The number of aliphatic hydroxyl groups is 3. The average Bonchev–Trinajstić information content (AvgIpc) is 3.46. The topological polar surface area (TPSA) is 193 Å². The first kappa shape index (κ1) is 30.2. The van der Waals surface area contributed by atoms with E-state index in [-0.39, 0.29) is 29.7 Å². The van der Waals surface area contributed by atoms with Crippen molar-refractivity contribution >= 4 is 17.5 Å². The molecule has 0 aliphatic heterocycles. The molecule has 43 heavy (non-hydrogen) atoms. The Kier molecular flexibility index (Phi) is 7.57. The zero-order valence-corrected chi connectivity index (χ0v) is 24.8. The Morgan fingerprint density at radius 3 is 2.51 bits per heavy atom. The summed E-state index contributed by atoms with van der Waals surface area (Å²) in [7, 11) is 5.08. The summed E-state index contributed by atoms with van der Waals surface area (Å²) < 4.78 is 0. The first-order valence-corrected chi connectivity index (χ1v) is 14.1. The molecule has 1 heterocycles. The molecule has 7 N–H and O–H groups in total. The minimum Gasteiger partial charge on any atom is -0.510 e. The van der Waals surface area contributed by atoms with Crippen LogP contribution in [0.15, 0.2) is 52.8 Å². The van der Waals surface area contributed by atoms with Crippen molar-refractivity contribution in [1.29, 1.82) is 0 Å². The quantitative estimate of drug-likeness (QED) is 0.205. The lowest BCUT2D eigenvalue weighted by Crippen LogP contribution is -2.63. The van der Waals surface area contributed by atoms with E-state index >= 15 is 0 Å². The van der Waals surface area contributed by atoms with Gasteiger partial charge in [-0.3, -0.25) is 29.3 Å². The second kappa shape index (κ2) is 10.8. The summed E-state index contributed by atoms with van der Waals surface area (Å²) >= 11 is 0. The minimum atomic E-state index is -2.69. The summed E-state index contributed by atoms with van der Waals surface area (Å²) in [6.45, 7) is 4.86. The number of allylic oxidation sites excluding steroid dienone is 2. The van der Waals surface area contributed by atoms with Crippen LogP contribution < -0.4 is 5.73 Å². The van der Waals surface area contributed by atoms with Gasteiger partial charge in [0.15, 0.2) is 11.4 Å². The van der Waals surface area contributed by atoms with E-state index in [0.29, 0.717) is 35.3 Å². The van der Waals surface area contributed by atoms with Gasteiger partial charge in [-0.05, 0) is 70.9 Å². The number of aromatic nitrogens is 2. The number of nitrogens with zero attached hydrogens (tertiary/aromatic N) is 3. The van der Waals surface area contributed by atoms with Gasteiger partial charge < -0.3 is 26.2 Å². The number of fused-ring (bicyclic) bond motifs is 3. The van der Waals surface area contributed by atoms with Crippen LogP contribution in [-0.2, 0) is 22.6 Å². The summed E-state index contributed by atoms with van der Waals surface area (Å²) in [5.74, 6) is -6.74. The predicted molar refractivity (Wildman–Crippen MR) is 157 cm³/mol. The number of aromatic amines is 1. The highest BCUT2D eigenvalue weighted by Gasteiger charge is 2.63. The zero-order valence-electron chi connectivity index (χ0n) is 24.8. The largest absolute Gasteiger partial charge is 0.510 e. The first-order chi connectivity index (χ1) is 20.2. The fourth-order valence-electron chi connectivity index (χ4n) is 7.01. The third-order valence-electron chi connectivity index (χ3n) is 9.06. The van der Waals surface area contributed by atoms with Crippen molar-refractivity contribution in [3.63, 3.8) is 0 Å². The number of amides is 1. The maximum absolute atomic E-state index is 14.3. The molecule has 1 aromatic carbocycles. The van der Waals surface area contributed by atoms with Crippen LogP contribution >= 0.6 is 0 Å². The van der Waals surface area contributed by atoms with Gasteiger partial charge in [0.05, 0.1) is 17.8 Å². The van der Waals surface area contributed by atoms with E-state index in [1.165, 1.54) is 4.90 Å². The Morgan fingerprint density at radius 1 is 1.23 bits per heavy atom. The van der Waals surface area contributed by atoms with Crippen molar-refractivity contribution in [3.05, 3.63) is 69.5 Å². The van der Waals surface area contributed by atoms with Crippen LogP contribution in [0.1, 0.15) is 41.8 Å². The highest BCUT2D eigenvalue weighted by atomic mass is 16.3. The molecule has 3 aliphatic rings. The zero-order chi connectivity index (χ0) is 31.5. The predicted octanol–water partition coefficient (Wildman–Crippen LogP) is 1.91. The molecule has 0 fully saturated rings. The van der Waals surface area contributed by atoms with Crippen molar-refractivity contribution in [2.24, 2.45) is 17.6 Å². The molecule has 228 valence electrons. The summed E-state index contributed by atoms with van der Waals surface area (Å²) in [4.78, 5) is 43.6. The van der Waals surface area contributed by atoms with Crippen LogP contribution in [0.5, 0.6) is 5.75 Å². The lowest BCUT2D eigenvalue weighted by atomic mass is 9.58. The van der Waals surface area contributed by atoms with Gasteiger partial charge in [-0.2, -0.15) is 5.10 Å². The number of hydrogen-bond acceptors (Lipinski definition) is 10. The maximum atomic E-state index is 14.3. The number of nitrogens with one attached hydrogen (secondary N) is 1. The van der Waals surface area contributed by atoms with Crippen LogP contribution in [0, 0.1) is 11.8 Å². The Balaban J connectivity index is 1.70. The first-order valence-electron chi connectivity index (χ1n) is 14.1. The second-order valence-electron chi connectivity index (χ2n) is 12.0. The number of primary amides is 1. The molecule has 1 unspecified atom stereocenters. The van der Waals surface area contributed by atoms with Crippen molar-refractivity contribution in [2.75, 3.05) is 27.7 Å². The number of aliphatic hydroxyl groups excluding tert-OH is 2. The number of likely N-dealkylation sites (N-methyl/N-ethyl adjacent to an activating group) is 2. The number of hydrogen-bond donors (Lipinski definition) is 6. The SMILES string of the molecule is C/C=C(\C)CN(C)Cc1cc(-c2cn[nH]c2)c2c(c1O)C(=O)C1=C(O)[C@]3(O)C(=O)C(C(N)=O)=C(O)C(N(C)C)[C@@H]3C[C@@H]1C2. The molecule has 0 saturated heterocycles. The van der Waals surface area contributed by atoms with Gasteiger partial charge in [0.1, 0.15) is 22.8 Å². The number of carbonyl (C=O) groups excluding carboxylic acids is 3. The molecule has 4 atom stereocenters. The van der Waals surface area contributed by atoms with E-state index in [0.717, 1.165) is 5.57 Å². The molecule has 12 heteroatoms. The molecule has 0 bridgehead atoms. The molecule has 0 spiro atoms. The second-order valence-corrected chi connectivity index (χ2v) is 12.0. The number of Topliss-reactive ketones (excluding diaryl/α,β-unsaturated/α-hetero) is 2. The molecule has 3 aliphatic carbocycles. The number of H-pyrrole nitrogens is 1. The van der Waals surface area contributed by atoms with Gasteiger partial charge in [0.2, 0.25) is 5.78 Å². The summed E-state index contributed by atoms with van der Waals surface area (Å²) in [6.07, 6.45) is 5.51. The Labute approximate surface area is 248 Å². The molecular weight excluding hydrogens is 554 g/mol. The number of rotatable bonds is 7. The van der Waals surface area contributed by atoms with Gasteiger partial charge >= 0.3 is 0 Å². The number of nitrogens with two attached hydrogens (primary N) is 1. The molecule has 0 saturated carbocycles. The number of ketones is 2. The van der Waals surface area contributed by atoms with Gasteiger partial charge in [-0.25, -0.2) is 0 Å². The summed E-state index contributed by atoms with van der Waals surface area (Å²) in [5.41, 5.74) is 5.22. The third kappa shape index (κ3) is 4.57.